The van der Waals surface area contributed by atoms with Crippen LogP contribution in [0.3, 0.4) is 0 Å². The Labute approximate surface area is 171 Å². The summed E-state index contributed by atoms with van der Waals surface area (Å²) in [5.41, 5.74) is 0. The van der Waals surface area contributed by atoms with Crippen LogP contribution in [0.4, 0.5) is 0 Å². The monoisotopic (exact) mass is 417 g/mol. The lowest BCUT2D eigenvalue weighted by Gasteiger charge is -2.33. The third-order valence-corrected chi connectivity index (χ3v) is 7.77. The Balaban J connectivity index is 2.00. The molecule has 7 nitrogen and oxygen atoms in total. The molecule has 2 fully saturated rings. The van der Waals surface area contributed by atoms with Crippen LogP contribution in [0.5, 0.6) is 0 Å². The van der Waals surface area contributed by atoms with E-state index in [4.69, 9.17) is 4.74 Å². The Morgan fingerprint density at radius 1 is 1.04 bits per heavy atom. The Morgan fingerprint density at radius 3 is 2.46 bits per heavy atom. The highest BCUT2D eigenvalue weighted by Gasteiger charge is 2.39. The van der Waals surface area contributed by atoms with Crippen molar-refractivity contribution in [3.63, 3.8) is 0 Å². The number of nitrogens with zero attached hydrogens (tertiary/aromatic N) is 3. The van der Waals surface area contributed by atoms with Crippen molar-refractivity contribution in [2.75, 3.05) is 58.2 Å². The summed E-state index contributed by atoms with van der Waals surface area (Å²) in [4.78, 5) is 17.6. The number of carbonyl (C=O) groups excluding carboxylic acids is 1. The molecule has 0 aromatic rings. The zero-order valence-corrected chi connectivity index (χ0v) is 18.6. The van der Waals surface area contributed by atoms with Crippen molar-refractivity contribution in [1.29, 1.82) is 0 Å². The predicted molar refractivity (Wildman–Crippen MR) is 112 cm³/mol. The smallest absolute Gasteiger partial charge is 0.241 e. The topological polar surface area (TPSA) is 70.2 Å². The Bertz CT molecular complexity index is 564. The van der Waals surface area contributed by atoms with Crippen LogP contribution < -0.4 is 0 Å². The molecule has 0 aliphatic carbocycles. The maximum atomic E-state index is 13.3. The van der Waals surface area contributed by atoms with Crippen LogP contribution in [0.25, 0.3) is 0 Å². The molecule has 1 unspecified atom stereocenters. The van der Waals surface area contributed by atoms with Gasteiger partial charge >= 0.3 is 0 Å². The summed E-state index contributed by atoms with van der Waals surface area (Å²) in [6, 6.07) is -0.507. The highest BCUT2D eigenvalue weighted by Crippen LogP contribution is 2.24. The quantitative estimate of drug-likeness (QED) is 0.454. The van der Waals surface area contributed by atoms with Crippen molar-refractivity contribution in [1.82, 2.24) is 14.1 Å². The van der Waals surface area contributed by atoms with Crippen LogP contribution in [0.2, 0.25) is 0 Å². The van der Waals surface area contributed by atoms with Gasteiger partial charge in [0.05, 0.1) is 19.0 Å². The van der Waals surface area contributed by atoms with Crippen LogP contribution in [-0.2, 0) is 19.6 Å². The summed E-state index contributed by atoms with van der Waals surface area (Å²) < 4.78 is 32.1. The van der Waals surface area contributed by atoms with E-state index in [-0.39, 0.29) is 11.7 Å². The summed E-state index contributed by atoms with van der Waals surface area (Å²) in [6.45, 7) is 10.0. The Kier molecular flexibility index (Phi) is 10.2. The van der Waals surface area contributed by atoms with Gasteiger partial charge in [0, 0.05) is 39.3 Å². The number of hydrogen-bond acceptors (Lipinski definition) is 5. The van der Waals surface area contributed by atoms with Gasteiger partial charge in [0.2, 0.25) is 15.9 Å². The summed E-state index contributed by atoms with van der Waals surface area (Å²) in [5.74, 6) is 0.128. The van der Waals surface area contributed by atoms with Crippen molar-refractivity contribution < 1.29 is 17.9 Å². The van der Waals surface area contributed by atoms with Gasteiger partial charge in [-0.1, -0.05) is 33.1 Å². The molecule has 2 aliphatic rings. The minimum absolute atomic E-state index is 0.00179. The zero-order chi connectivity index (χ0) is 20.4. The molecule has 164 valence electrons. The molecule has 2 saturated heterocycles. The van der Waals surface area contributed by atoms with Crippen LogP contribution in [0.15, 0.2) is 0 Å². The molecule has 0 aromatic heterocycles. The van der Waals surface area contributed by atoms with Crippen LogP contribution in [0, 0.1) is 0 Å². The van der Waals surface area contributed by atoms with Gasteiger partial charge < -0.3 is 9.64 Å². The first-order chi connectivity index (χ1) is 13.5. The molecule has 0 radical (unpaired) electrons. The average molecular weight is 418 g/mol. The number of unbranched alkanes of at least 4 members (excludes halogenated alkanes) is 3. The minimum Gasteiger partial charge on any atom is -0.379 e. The van der Waals surface area contributed by atoms with Crippen LogP contribution in [0.1, 0.15) is 58.8 Å². The fourth-order valence-corrected chi connectivity index (χ4v) is 5.80. The largest absolute Gasteiger partial charge is 0.379 e. The van der Waals surface area contributed by atoms with Gasteiger partial charge in [-0.15, -0.1) is 0 Å². The van der Waals surface area contributed by atoms with E-state index >= 15 is 0 Å². The number of sulfonamides is 1. The maximum absolute atomic E-state index is 13.3. The third-order valence-electron chi connectivity index (χ3n) is 5.69. The van der Waals surface area contributed by atoms with E-state index in [1.807, 2.05) is 11.8 Å². The fourth-order valence-electron chi connectivity index (χ4n) is 4.05. The molecule has 0 spiro atoms. The third kappa shape index (κ3) is 6.97. The lowest BCUT2D eigenvalue weighted by Crippen LogP contribution is -2.50. The van der Waals surface area contributed by atoms with E-state index in [1.54, 1.807) is 0 Å². The van der Waals surface area contributed by atoms with E-state index < -0.39 is 16.1 Å². The molecule has 0 bridgehead atoms. The van der Waals surface area contributed by atoms with Gasteiger partial charge in [0.25, 0.3) is 0 Å². The standard InChI is InChI=1S/C20H39N3O4S/c1-3-5-6-7-10-22(13-12-21-14-16-27-17-15-21)20(24)19-9-8-11-23(19)28(25,26)18-4-2/h19H,3-18H2,1-2H3. The van der Waals surface area contributed by atoms with Crippen molar-refractivity contribution in [3.8, 4) is 0 Å². The first-order valence-electron chi connectivity index (χ1n) is 11.1. The first-order valence-corrected chi connectivity index (χ1v) is 12.7. The number of rotatable bonds is 12. The normalized spacial score (nSPS) is 21.9. The Hall–Kier alpha value is -0.700. The van der Waals surface area contributed by atoms with E-state index in [1.165, 1.54) is 10.7 Å². The van der Waals surface area contributed by atoms with Crippen molar-refractivity contribution >= 4 is 15.9 Å². The molecule has 0 aromatic carbocycles. The molecule has 2 aliphatic heterocycles. The highest BCUT2D eigenvalue weighted by molar-refractivity contribution is 7.89. The maximum Gasteiger partial charge on any atom is 0.241 e. The zero-order valence-electron chi connectivity index (χ0n) is 17.8. The summed E-state index contributed by atoms with van der Waals surface area (Å²) in [6.07, 6.45) is 6.42. The van der Waals surface area contributed by atoms with Gasteiger partial charge in [-0.25, -0.2) is 8.42 Å². The highest BCUT2D eigenvalue weighted by atomic mass is 32.2. The molecule has 28 heavy (non-hydrogen) atoms. The second kappa shape index (κ2) is 12.1. The number of hydrogen-bond donors (Lipinski definition) is 0. The molecular formula is C20H39N3O4S. The molecule has 8 heteroatoms. The fraction of sp³-hybridized carbons (Fsp3) is 0.950. The number of amides is 1. The number of carbonyl (C=O) groups is 1. The van der Waals surface area contributed by atoms with Gasteiger partial charge in [-0.05, 0) is 25.7 Å². The molecule has 0 N–H and O–H groups in total. The predicted octanol–water partition coefficient (Wildman–Crippen LogP) is 1.93. The molecule has 0 saturated carbocycles. The molecule has 1 atom stereocenters. The number of ether oxygens (including phenoxy) is 1. The SMILES string of the molecule is CCCCCCN(CCN1CCOCC1)C(=O)C1CCCN1S(=O)(=O)CCC. The van der Waals surface area contributed by atoms with Gasteiger partial charge in [-0.2, -0.15) is 4.31 Å². The lowest BCUT2D eigenvalue weighted by atomic mass is 10.1. The first kappa shape index (κ1) is 23.6. The number of morpholine rings is 1. The van der Waals surface area contributed by atoms with E-state index in [9.17, 15) is 13.2 Å². The van der Waals surface area contributed by atoms with Gasteiger partial charge in [0.1, 0.15) is 6.04 Å². The second-order valence-electron chi connectivity index (χ2n) is 7.92. The summed E-state index contributed by atoms with van der Waals surface area (Å²) in [5, 5.41) is 0. The molecule has 2 rings (SSSR count). The Morgan fingerprint density at radius 2 is 1.79 bits per heavy atom. The van der Waals surface area contributed by atoms with Crippen LogP contribution >= 0.6 is 0 Å². The average Bonchev–Trinajstić information content (AvgIpc) is 3.19. The van der Waals surface area contributed by atoms with E-state index in [2.05, 4.69) is 11.8 Å². The van der Waals surface area contributed by atoms with Crippen molar-refractivity contribution in [2.45, 2.75) is 64.8 Å². The minimum atomic E-state index is -3.34. The second-order valence-corrected chi connectivity index (χ2v) is 9.97. The van der Waals surface area contributed by atoms with Gasteiger partial charge in [0.15, 0.2) is 0 Å². The molecular weight excluding hydrogens is 378 g/mol. The van der Waals surface area contributed by atoms with E-state index in [0.29, 0.717) is 25.9 Å². The van der Waals surface area contributed by atoms with Crippen molar-refractivity contribution in [3.05, 3.63) is 0 Å². The molecule has 1 amide bonds. The van der Waals surface area contributed by atoms with Crippen molar-refractivity contribution in [2.24, 2.45) is 0 Å². The summed E-state index contributed by atoms with van der Waals surface area (Å²) >= 11 is 0. The molecule has 2 heterocycles. The van der Waals surface area contributed by atoms with Gasteiger partial charge in [-0.3, -0.25) is 9.69 Å². The van der Waals surface area contributed by atoms with Crippen LogP contribution in [-0.4, -0.2) is 92.7 Å². The summed E-state index contributed by atoms with van der Waals surface area (Å²) in [7, 11) is -3.34. The lowest BCUT2D eigenvalue weighted by molar-refractivity contribution is -0.135. The van der Waals surface area contributed by atoms with E-state index in [0.717, 1.165) is 65.1 Å².